The van der Waals surface area contributed by atoms with Crippen LogP contribution in [0.3, 0.4) is 0 Å². The Hall–Kier alpha value is -2.05. The zero-order valence-electron chi connectivity index (χ0n) is 13.8. The van der Waals surface area contributed by atoms with Crippen LogP contribution in [0.15, 0.2) is 40.9 Å². The summed E-state index contributed by atoms with van der Waals surface area (Å²) in [6.07, 6.45) is 0. The first kappa shape index (κ1) is 19.3. The number of aryl methyl sites for hydroxylation is 2. The van der Waals surface area contributed by atoms with Gasteiger partial charge in [-0.1, -0.05) is 17.7 Å². The molecule has 0 saturated carbocycles. The Kier molecular flexibility index (Phi) is 6.84. The number of amides is 1. The van der Waals surface area contributed by atoms with Crippen molar-refractivity contribution in [1.29, 1.82) is 0 Å². The molecule has 0 bridgehead atoms. The third-order valence-corrected chi connectivity index (χ3v) is 4.14. The van der Waals surface area contributed by atoms with Crippen molar-refractivity contribution in [2.24, 2.45) is 0 Å². The van der Waals surface area contributed by atoms with Gasteiger partial charge in [0.25, 0.3) is 5.91 Å². The van der Waals surface area contributed by atoms with Gasteiger partial charge in [-0.2, -0.15) is 0 Å². The Morgan fingerprint density at radius 1 is 1.12 bits per heavy atom. The van der Waals surface area contributed by atoms with E-state index in [4.69, 9.17) is 21.1 Å². The molecule has 2 rings (SSSR count). The molecule has 0 aromatic heterocycles. The summed E-state index contributed by atoms with van der Waals surface area (Å²) in [5, 5.41) is 3.25. The number of nitrogens with one attached hydrogen (secondary N) is 1. The number of ether oxygens (including phenoxy) is 2. The third kappa shape index (κ3) is 6.07. The van der Waals surface area contributed by atoms with Gasteiger partial charge in [-0.15, -0.1) is 0 Å². The lowest BCUT2D eigenvalue weighted by atomic mass is 10.2. The molecule has 132 valence electrons. The van der Waals surface area contributed by atoms with E-state index < -0.39 is 11.9 Å². The highest BCUT2D eigenvalue weighted by Crippen LogP contribution is 2.23. The Labute approximate surface area is 159 Å². The van der Waals surface area contributed by atoms with Crippen LogP contribution in [0.2, 0.25) is 5.02 Å². The number of carbonyl (C=O) groups is 2. The van der Waals surface area contributed by atoms with Crippen molar-refractivity contribution >= 4 is 45.1 Å². The second-order valence-electron chi connectivity index (χ2n) is 5.39. The largest absolute Gasteiger partial charge is 0.482 e. The topological polar surface area (TPSA) is 64.6 Å². The van der Waals surface area contributed by atoms with Crippen LogP contribution in [0.5, 0.6) is 5.75 Å². The molecule has 2 aromatic carbocycles. The average molecular weight is 427 g/mol. The fourth-order valence-electron chi connectivity index (χ4n) is 2.01. The second kappa shape index (κ2) is 8.87. The predicted octanol–water partition coefficient (Wildman–Crippen LogP) is 4.28. The van der Waals surface area contributed by atoms with Gasteiger partial charge in [-0.25, -0.2) is 4.79 Å². The molecule has 25 heavy (non-hydrogen) atoms. The number of benzene rings is 2. The molecule has 5 nitrogen and oxygen atoms in total. The van der Waals surface area contributed by atoms with E-state index in [1.54, 1.807) is 24.3 Å². The molecular weight excluding hydrogens is 410 g/mol. The highest BCUT2D eigenvalue weighted by molar-refractivity contribution is 9.10. The quantitative estimate of drug-likeness (QED) is 0.700. The Morgan fingerprint density at radius 3 is 2.56 bits per heavy atom. The van der Waals surface area contributed by atoms with Gasteiger partial charge in [-0.3, -0.25) is 4.79 Å². The Bertz CT molecular complexity index is 795. The van der Waals surface area contributed by atoms with Gasteiger partial charge in [-0.05, 0) is 71.2 Å². The van der Waals surface area contributed by atoms with E-state index in [0.29, 0.717) is 16.5 Å². The molecule has 1 amide bonds. The summed E-state index contributed by atoms with van der Waals surface area (Å²) in [5.41, 5.74) is 2.48. The highest BCUT2D eigenvalue weighted by Gasteiger charge is 2.11. The number of carbonyl (C=O) groups excluding carboxylic acids is 2. The maximum absolute atomic E-state index is 11.9. The van der Waals surface area contributed by atoms with Gasteiger partial charge in [0, 0.05) is 9.50 Å². The van der Waals surface area contributed by atoms with Crippen LogP contribution in [0, 0.1) is 13.8 Å². The monoisotopic (exact) mass is 425 g/mol. The third-order valence-electron chi connectivity index (χ3n) is 3.25. The molecule has 0 aliphatic carbocycles. The van der Waals surface area contributed by atoms with Crippen LogP contribution < -0.4 is 10.1 Å². The molecule has 2 aromatic rings. The summed E-state index contributed by atoms with van der Waals surface area (Å²) >= 11 is 9.22. The van der Waals surface area contributed by atoms with Gasteiger partial charge in [0.05, 0.1) is 5.69 Å². The van der Waals surface area contributed by atoms with Crippen LogP contribution >= 0.6 is 27.5 Å². The minimum absolute atomic E-state index is 0.288. The molecular formula is C18H17BrClNO4. The van der Waals surface area contributed by atoms with Crippen molar-refractivity contribution in [3.05, 3.63) is 57.0 Å². The van der Waals surface area contributed by atoms with E-state index in [1.165, 1.54) is 0 Å². The summed E-state index contributed by atoms with van der Waals surface area (Å²) in [6.45, 7) is 3.09. The van der Waals surface area contributed by atoms with E-state index in [1.807, 2.05) is 26.0 Å². The van der Waals surface area contributed by atoms with Gasteiger partial charge in [0.1, 0.15) is 5.75 Å². The van der Waals surface area contributed by atoms with Gasteiger partial charge in [0.15, 0.2) is 13.2 Å². The molecule has 0 aliphatic rings. The molecule has 7 heteroatoms. The lowest BCUT2D eigenvalue weighted by molar-refractivity contribution is -0.149. The van der Waals surface area contributed by atoms with E-state index in [9.17, 15) is 9.59 Å². The number of hydrogen-bond acceptors (Lipinski definition) is 4. The summed E-state index contributed by atoms with van der Waals surface area (Å²) < 4.78 is 11.0. The fraction of sp³-hybridized carbons (Fsp3) is 0.222. The summed E-state index contributed by atoms with van der Waals surface area (Å²) in [7, 11) is 0. The summed E-state index contributed by atoms with van der Waals surface area (Å²) in [6, 6.07) is 10.6. The number of rotatable bonds is 6. The van der Waals surface area contributed by atoms with Crippen molar-refractivity contribution in [2.75, 3.05) is 18.5 Å². The first-order valence-corrected chi connectivity index (χ1v) is 8.63. The van der Waals surface area contributed by atoms with Gasteiger partial charge < -0.3 is 14.8 Å². The maximum Gasteiger partial charge on any atom is 0.344 e. The van der Waals surface area contributed by atoms with E-state index >= 15 is 0 Å². The normalized spacial score (nSPS) is 10.2. The number of esters is 1. The van der Waals surface area contributed by atoms with Crippen molar-refractivity contribution in [2.45, 2.75) is 13.8 Å². The highest BCUT2D eigenvalue weighted by atomic mass is 79.9. The van der Waals surface area contributed by atoms with Gasteiger partial charge >= 0.3 is 5.97 Å². The molecule has 0 atom stereocenters. The van der Waals surface area contributed by atoms with Gasteiger partial charge in [0.2, 0.25) is 0 Å². The predicted molar refractivity (Wildman–Crippen MR) is 100 cm³/mol. The standard InChI is InChI=1S/C18H17BrClNO4/c1-11-3-5-15(14(19)7-11)21-17(22)9-25-18(23)10-24-16-6-4-13(20)8-12(16)2/h3-8H,9-10H2,1-2H3,(H,21,22). The van der Waals surface area contributed by atoms with E-state index in [2.05, 4.69) is 21.2 Å². The molecule has 0 radical (unpaired) electrons. The molecule has 0 unspecified atom stereocenters. The molecule has 0 heterocycles. The van der Waals surface area contributed by atoms with Crippen LogP contribution in [-0.2, 0) is 14.3 Å². The van der Waals surface area contributed by atoms with Crippen molar-refractivity contribution in [3.63, 3.8) is 0 Å². The van der Waals surface area contributed by atoms with Crippen LogP contribution in [0.4, 0.5) is 5.69 Å². The molecule has 1 N–H and O–H groups in total. The lowest BCUT2D eigenvalue weighted by Gasteiger charge is -2.10. The Morgan fingerprint density at radius 2 is 1.88 bits per heavy atom. The SMILES string of the molecule is Cc1ccc(NC(=O)COC(=O)COc2ccc(Cl)cc2C)c(Br)c1. The molecule has 0 aliphatic heterocycles. The zero-order chi connectivity index (χ0) is 18.4. The molecule has 0 saturated heterocycles. The Balaban J connectivity index is 1.78. The molecule has 0 fully saturated rings. The maximum atomic E-state index is 11.9. The zero-order valence-corrected chi connectivity index (χ0v) is 16.1. The first-order chi connectivity index (χ1) is 11.8. The van der Waals surface area contributed by atoms with Crippen LogP contribution in [-0.4, -0.2) is 25.1 Å². The molecule has 0 spiro atoms. The van der Waals surface area contributed by atoms with E-state index in [0.717, 1.165) is 15.6 Å². The first-order valence-electron chi connectivity index (χ1n) is 7.45. The average Bonchev–Trinajstić information content (AvgIpc) is 2.55. The van der Waals surface area contributed by atoms with Crippen molar-refractivity contribution in [3.8, 4) is 5.75 Å². The number of anilines is 1. The summed E-state index contributed by atoms with van der Waals surface area (Å²) in [5.74, 6) is -0.526. The number of hydrogen-bond donors (Lipinski definition) is 1. The smallest absolute Gasteiger partial charge is 0.344 e. The van der Waals surface area contributed by atoms with E-state index in [-0.39, 0.29) is 13.2 Å². The minimum Gasteiger partial charge on any atom is -0.482 e. The minimum atomic E-state index is -0.632. The fourth-order valence-corrected chi connectivity index (χ4v) is 2.83. The van der Waals surface area contributed by atoms with Crippen molar-refractivity contribution in [1.82, 2.24) is 0 Å². The second-order valence-corrected chi connectivity index (χ2v) is 6.68. The summed E-state index contributed by atoms with van der Waals surface area (Å²) in [4.78, 5) is 23.6. The number of halogens is 2. The van der Waals surface area contributed by atoms with Crippen LogP contribution in [0.25, 0.3) is 0 Å². The van der Waals surface area contributed by atoms with Crippen LogP contribution in [0.1, 0.15) is 11.1 Å². The lowest BCUT2D eigenvalue weighted by Crippen LogP contribution is -2.23. The van der Waals surface area contributed by atoms with Crippen molar-refractivity contribution < 1.29 is 19.1 Å².